The van der Waals surface area contributed by atoms with E-state index in [2.05, 4.69) is 15.4 Å². The molecule has 3 N–H and O–H groups in total. The molecule has 2 amide bonds. The zero-order valence-corrected chi connectivity index (χ0v) is 18.3. The number of ether oxygens (including phenoxy) is 1. The van der Waals surface area contributed by atoms with Crippen LogP contribution >= 0.6 is 0 Å². The molecule has 32 heavy (non-hydrogen) atoms. The van der Waals surface area contributed by atoms with E-state index in [1.165, 1.54) is 44.6 Å². The highest BCUT2D eigenvalue weighted by Gasteiger charge is 2.22. The second-order valence-corrected chi connectivity index (χ2v) is 8.58. The SMILES string of the molecule is COc1ccc(S(=O)(=O)NC(C)C(=O)NCc2ccc(NC(=O)c3ccco3)cc2)cc1. The Morgan fingerprint density at radius 2 is 1.72 bits per heavy atom. The Morgan fingerprint density at radius 1 is 1.03 bits per heavy atom. The van der Waals surface area contributed by atoms with Gasteiger partial charge < -0.3 is 19.8 Å². The minimum absolute atomic E-state index is 0.0325. The van der Waals surface area contributed by atoms with Crippen molar-refractivity contribution in [2.75, 3.05) is 12.4 Å². The van der Waals surface area contributed by atoms with Gasteiger partial charge in [-0.25, -0.2) is 8.42 Å². The zero-order chi connectivity index (χ0) is 23.1. The Morgan fingerprint density at radius 3 is 2.31 bits per heavy atom. The fourth-order valence-electron chi connectivity index (χ4n) is 2.76. The summed E-state index contributed by atoms with van der Waals surface area (Å²) in [6.07, 6.45) is 1.42. The summed E-state index contributed by atoms with van der Waals surface area (Å²) in [5.41, 5.74) is 1.35. The number of benzene rings is 2. The highest BCUT2D eigenvalue weighted by molar-refractivity contribution is 7.89. The molecular weight excluding hydrogens is 434 g/mol. The van der Waals surface area contributed by atoms with Gasteiger partial charge in [0.15, 0.2) is 5.76 Å². The standard InChI is InChI=1S/C22H23N3O6S/c1-15(25-32(28,29)19-11-9-18(30-2)10-12-19)21(26)23-14-16-5-7-17(8-6-16)24-22(27)20-4-3-13-31-20/h3-13,15,25H,14H2,1-2H3,(H,23,26)(H,24,27). The van der Waals surface area contributed by atoms with E-state index in [1.54, 1.807) is 36.4 Å². The fraction of sp³-hybridized carbons (Fsp3) is 0.182. The number of carbonyl (C=O) groups is 2. The van der Waals surface area contributed by atoms with E-state index in [9.17, 15) is 18.0 Å². The predicted molar refractivity (Wildman–Crippen MR) is 118 cm³/mol. The Labute approximate surface area is 185 Å². The third kappa shape index (κ3) is 5.96. The summed E-state index contributed by atoms with van der Waals surface area (Å²) in [6.45, 7) is 1.66. The normalized spacial score (nSPS) is 12.1. The lowest BCUT2D eigenvalue weighted by Crippen LogP contribution is -2.44. The summed E-state index contributed by atoms with van der Waals surface area (Å²) < 4.78 is 37.3. The molecule has 0 aliphatic carbocycles. The van der Waals surface area contributed by atoms with Gasteiger partial charge in [0.05, 0.1) is 24.3 Å². The molecule has 1 heterocycles. The molecule has 0 aliphatic rings. The number of methoxy groups -OCH3 is 1. The molecule has 1 unspecified atom stereocenters. The number of hydrogen-bond acceptors (Lipinski definition) is 6. The first kappa shape index (κ1) is 23.0. The van der Waals surface area contributed by atoms with E-state index >= 15 is 0 Å². The second kappa shape index (κ2) is 10.1. The number of furan rings is 1. The van der Waals surface area contributed by atoms with Gasteiger partial charge in [-0.1, -0.05) is 12.1 Å². The van der Waals surface area contributed by atoms with Crippen LogP contribution in [0, 0.1) is 0 Å². The van der Waals surface area contributed by atoms with Gasteiger partial charge >= 0.3 is 0 Å². The molecular formula is C22H23N3O6S. The number of nitrogens with one attached hydrogen (secondary N) is 3. The topological polar surface area (TPSA) is 127 Å². The third-order valence-electron chi connectivity index (χ3n) is 4.52. The first-order valence-corrected chi connectivity index (χ1v) is 11.1. The Bertz CT molecular complexity index is 1160. The minimum atomic E-state index is -3.86. The molecule has 3 aromatic rings. The molecule has 0 radical (unpaired) electrons. The average molecular weight is 458 g/mol. The van der Waals surface area contributed by atoms with Gasteiger partial charge in [0.2, 0.25) is 15.9 Å². The van der Waals surface area contributed by atoms with Gasteiger partial charge in [0, 0.05) is 12.2 Å². The quantitative estimate of drug-likeness (QED) is 0.453. The van der Waals surface area contributed by atoms with E-state index in [4.69, 9.17) is 9.15 Å². The van der Waals surface area contributed by atoms with Crippen molar-refractivity contribution in [1.82, 2.24) is 10.0 Å². The van der Waals surface area contributed by atoms with Crippen LogP contribution in [0.1, 0.15) is 23.0 Å². The van der Waals surface area contributed by atoms with Crippen LogP contribution in [-0.2, 0) is 21.4 Å². The van der Waals surface area contributed by atoms with Gasteiger partial charge in [-0.2, -0.15) is 4.72 Å². The summed E-state index contributed by atoms with van der Waals surface area (Å²) in [5, 5.41) is 5.38. The molecule has 0 saturated heterocycles. The number of rotatable bonds is 9. The fourth-order valence-corrected chi connectivity index (χ4v) is 3.96. The molecule has 168 valence electrons. The van der Waals surface area contributed by atoms with E-state index in [0.29, 0.717) is 11.4 Å². The van der Waals surface area contributed by atoms with Crippen molar-refractivity contribution in [3.63, 3.8) is 0 Å². The summed E-state index contributed by atoms with van der Waals surface area (Å²) in [7, 11) is -2.38. The molecule has 0 fully saturated rings. The van der Waals surface area contributed by atoms with Crippen LogP contribution in [0.15, 0.2) is 76.2 Å². The highest BCUT2D eigenvalue weighted by Crippen LogP contribution is 2.16. The Kier molecular flexibility index (Phi) is 7.29. The average Bonchev–Trinajstić information content (AvgIpc) is 3.33. The number of hydrogen-bond donors (Lipinski definition) is 3. The molecule has 1 aromatic heterocycles. The van der Waals surface area contributed by atoms with E-state index < -0.39 is 22.0 Å². The van der Waals surface area contributed by atoms with Crippen LogP contribution in [0.5, 0.6) is 5.75 Å². The van der Waals surface area contributed by atoms with Gasteiger partial charge in [0.25, 0.3) is 5.91 Å². The molecule has 1 atom stereocenters. The maximum atomic E-state index is 12.5. The number of amides is 2. The van der Waals surface area contributed by atoms with Gasteiger partial charge in [-0.3, -0.25) is 9.59 Å². The molecule has 0 spiro atoms. The molecule has 9 nitrogen and oxygen atoms in total. The van der Waals surface area contributed by atoms with Gasteiger partial charge in [-0.05, 0) is 61.0 Å². The Balaban J connectivity index is 1.51. The third-order valence-corrected chi connectivity index (χ3v) is 6.08. The molecule has 2 aromatic carbocycles. The minimum Gasteiger partial charge on any atom is -0.497 e. The molecule has 10 heteroatoms. The summed E-state index contributed by atoms with van der Waals surface area (Å²) in [5.74, 6) is -0.111. The van der Waals surface area contributed by atoms with Crippen molar-refractivity contribution < 1.29 is 27.2 Å². The lowest BCUT2D eigenvalue weighted by Gasteiger charge is -2.15. The van der Waals surface area contributed by atoms with Crippen molar-refractivity contribution in [3.05, 3.63) is 78.3 Å². The predicted octanol–water partition coefficient (Wildman–Crippen LogP) is 2.52. The lowest BCUT2D eigenvalue weighted by molar-refractivity contribution is -0.122. The monoisotopic (exact) mass is 457 g/mol. The summed E-state index contributed by atoms with van der Waals surface area (Å²) in [6, 6.07) is 14.9. The highest BCUT2D eigenvalue weighted by atomic mass is 32.2. The second-order valence-electron chi connectivity index (χ2n) is 6.86. The smallest absolute Gasteiger partial charge is 0.291 e. The maximum absolute atomic E-state index is 12.5. The zero-order valence-electron chi connectivity index (χ0n) is 17.5. The van der Waals surface area contributed by atoms with Crippen LogP contribution in [0.4, 0.5) is 5.69 Å². The van der Waals surface area contributed by atoms with Crippen LogP contribution in [0.2, 0.25) is 0 Å². The molecule has 0 bridgehead atoms. The molecule has 3 rings (SSSR count). The van der Waals surface area contributed by atoms with E-state index in [1.807, 2.05) is 0 Å². The van der Waals surface area contributed by atoms with E-state index in [0.717, 1.165) is 5.56 Å². The first-order valence-electron chi connectivity index (χ1n) is 9.66. The van der Waals surface area contributed by atoms with Crippen LogP contribution in [0.25, 0.3) is 0 Å². The van der Waals surface area contributed by atoms with E-state index in [-0.39, 0.29) is 23.1 Å². The van der Waals surface area contributed by atoms with Crippen molar-refractivity contribution in [2.24, 2.45) is 0 Å². The van der Waals surface area contributed by atoms with Gasteiger partial charge in [-0.15, -0.1) is 0 Å². The van der Waals surface area contributed by atoms with Crippen molar-refractivity contribution >= 4 is 27.5 Å². The van der Waals surface area contributed by atoms with Crippen molar-refractivity contribution in [3.8, 4) is 5.75 Å². The van der Waals surface area contributed by atoms with Crippen molar-refractivity contribution in [2.45, 2.75) is 24.4 Å². The number of anilines is 1. The largest absolute Gasteiger partial charge is 0.497 e. The van der Waals surface area contributed by atoms with Crippen molar-refractivity contribution in [1.29, 1.82) is 0 Å². The van der Waals surface area contributed by atoms with Gasteiger partial charge in [0.1, 0.15) is 5.75 Å². The summed E-state index contributed by atoms with van der Waals surface area (Å²) in [4.78, 5) is 24.4. The molecule has 0 saturated carbocycles. The van der Waals surface area contributed by atoms with Crippen LogP contribution in [-0.4, -0.2) is 33.4 Å². The van der Waals surface area contributed by atoms with Crippen LogP contribution in [0.3, 0.4) is 0 Å². The first-order chi connectivity index (χ1) is 15.3. The number of carbonyl (C=O) groups excluding carboxylic acids is 2. The van der Waals surface area contributed by atoms with Crippen LogP contribution < -0.4 is 20.1 Å². The molecule has 0 aliphatic heterocycles. The number of sulfonamides is 1. The summed E-state index contributed by atoms with van der Waals surface area (Å²) >= 11 is 0. The Hall–Kier alpha value is -3.63. The maximum Gasteiger partial charge on any atom is 0.291 e. The lowest BCUT2D eigenvalue weighted by atomic mass is 10.2.